The smallest absolute Gasteiger partial charge is 0.264 e. The van der Waals surface area contributed by atoms with Crippen LogP contribution in [0, 0.1) is 6.92 Å². The molecule has 4 rings (SSSR count). The van der Waals surface area contributed by atoms with Crippen molar-refractivity contribution in [1.29, 1.82) is 0 Å². The zero-order chi connectivity index (χ0) is 26.4. The molecule has 0 radical (unpaired) electrons. The third kappa shape index (κ3) is 7.13. The van der Waals surface area contributed by atoms with Crippen LogP contribution in [0.4, 0.5) is 11.4 Å². The summed E-state index contributed by atoms with van der Waals surface area (Å²) in [6.07, 6.45) is 0. The van der Waals surface area contributed by atoms with Crippen molar-refractivity contribution in [3.05, 3.63) is 118 Å². The third-order valence-electron chi connectivity index (χ3n) is 5.45. The van der Waals surface area contributed by atoms with Gasteiger partial charge in [-0.25, -0.2) is 8.42 Å². The number of nitrogens with zero attached hydrogens (tertiary/aromatic N) is 1. The summed E-state index contributed by atoms with van der Waals surface area (Å²) >= 11 is 9.38. The zero-order valence-corrected chi connectivity index (χ0v) is 23.1. The lowest BCUT2D eigenvalue weighted by Gasteiger charge is -2.25. The van der Waals surface area contributed by atoms with E-state index in [9.17, 15) is 13.2 Å². The first-order valence-corrected chi connectivity index (χ1v) is 13.9. The largest absolute Gasteiger partial charge is 0.484 e. The molecule has 0 aliphatic heterocycles. The molecule has 0 unspecified atom stereocenters. The van der Waals surface area contributed by atoms with E-state index in [-0.39, 0.29) is 24.0 Å². The van der Waals surface area contributed by atoms with E-state index >= 15 is 0 Å². The molecule has 0 heterocycles. The number of sulfonamides is 1. The van der Waals surface area contributed by atoms with Gasteiger partial charge in [0.05, 0.1) is 17.1 Å². The SMILES string of the molecule is Cc1ccc(S(=O)(=O)N(Cc2ccc(Cl)cc2)c2ccc(OCC(=O)Nc3cccc(Br)c3)cc2)cc1. The number of hydrogen-bond donors (Lipinski definition) is 1. The second-order valence-electron chi connectivity index (χ2n) is 8.29. The molecule has 4 aromatic carbocycles. The predicted molar refractivity (Wildman–Crippen MR) is 151 cm³/mol. The number of benzene rings is 4. The Hall–Kier alpha value is -3.33. The fraction of sp³-hybridized carbons (Fsp3) is 0.107. The number of hydrogen-bond acceptors (Lipinski definition) is 4. The number of ether oxygens (including phenoxy) is 1. The molecule has 37 heavy (non-hydrogen) atoms. The maximum absolute atomic E-state index is 13.6. The Balaban J connectivity index is 1.52. The molecule has 0 aliphatic rings. The maximum Gasteiger partial charge on any atom is 0.264 e. The van der Waals surface area contributed by atoms with E-state index < -0.39 is 10.0 Å². The zero-order valence-electron chi connectivity index (χ0n) is 19.9. The number of halogens is 2. The highest BCUT2D eigenvalue weighted by atomic mass is 79.9. The first-order chi connectivity index (χ1) is 17.7. The highest BCUT2D eigenvalue weighted by molar-refractivity contribution is 9.10. The Morgan fingerprint density at radius 1 is 0.946 bits per heavy atom. The van der Waals surface area contributed by atoms with Crippen molar-refractivity contribution in [1.82, 2.24) is 0 Å². The van der Waals surface area contributed by atoms with Crippen molar-refractivity contribution < 1.29 is 17.9 Å². The van der Waals surface area contributed by atoms with Gasteiger partial charge in [-0.05, 0) is 79.2 Å². The van der Waals surface area contributed by atoms with Gasteiger partial charge in [0.2, 0.25) is 0 Å². The maximum atomic E-state index is 13.6. The van der Waals surface area contributed by atoms with Crippen molar-refractivity contribution in [3.8, 4) is 5.75 Å². The lowest BCUT2D eigenvalue weighted by molar-refractivity contribution is -0.118. The molecule has 1 amide bonds. The summed E-state index contributed by atoms with van der Waals surface area (Å²) < 4.78 is 35.1. The molecule has 9 heteroatoms. The Kier molecular flexibility index (Phi) is 8.53. The summed E-state index contributed by atoms with van der Waals surface area (Å²) in [6.45, 7) is 1.82. The number of amides is 1. The topological polar surface area (TPSA) is 75.7 Å². The highest BCUT2D eigenvalue weighted by Gasteiger charge is 2.25. The molecule has 0 aliphatic carbocycles. The summed E-state index contributed by atoms with van der Waals surface area (Å²) in [5.41, 5.74) is 2.86. The minimum absolute atomic E-state index is 0.114. The van der Waals surface area contributed by atoms with Crippen molar-refractivity contribution in [2.24, 2.45) is 0 Å². The van der Waals surface area contributed by atoms with E-state index in [1.54, 1.807) is 84.9 Å². The van der Waals surface area contributed by atoms with Gasteiger partial charge in [0.15, 0.2) is 6.61 Å². The van der Waals surface area contributed by atoms with Crippen LogP contribution in [0.2, 0.25) is 5.02 Å². The number of carbonyl (C=O) groups is 1. The number of carbonyl (C=O) groups excluding carboxylic acids is 1. The van der Waals surface area contributed by atoms with Crippen LogP contribution >= 0.6 is 27.5 Å². The van der Waals surface area contributed by atoms with E-state index in [4.69, 9.17) is 16.3 Å². The third-order valence-corrected chi connectivity index (χ3v) is 7.98. The summed E-state index contributed by atoms with van der Waals surface area (Å²) in [7, 11) is -3.86. The van der Waals surface area contributed by atoms with E-state index in [0.29, 0.717) is 22.1 Å². The van der Waals surface area contributed by atoms with Gasteiger partial charge >= 0.3 is 0 Å². The Bertz CT molecular complexity index is 1480. The first kappa shape index (κ1) is 26.7. The second-order valence-corrected chi connectivity index (χ2v) is 11.5. The van der Waals surface area contributed by atoms with Gasteiger partial charge in [-0.1, -0.05) is 63.4 Å². The van der Waals surface area contributed by atoms with Crippen LogP contribution in [0.1, 0.15) is 11.1 Å². The lowest BCUT2D eigenvalue weighted by atomic mass is 10.2. The molecule has 0 fully saturated rings. The average molecular weight is 600 g/mol. The highest BCUT2D eigenvalue weighted by Crippen LogP contribution is 2.28. The molecule has 0 saturated heterocycles. The minimum Gasteiger partial charge on any atom is -0.484 e. The molecule has 0 bridgehead atoms. The molecule has 1 N–H and O–H groups in total. The molecule has 0 aromatic heterocycles. The number of aryl methyl sites for hydroxylation is 1. The summed E-state index contributed by atoms with van der Waals surface area (Å²) in [5, 5.41) is 3.34. The Morgan fingerprint density at radius 3 is 2.27 bits per heavy atom. The van der Waals surface area contributed by atoms with Crippen molar-refractivity contribution in [3.63, 3.8) is 0 Å². The average Bonchev–Trinajstić information content (AvgIpc) is 2.88. The fourth-order valence-corrected chi connectivity index (χ4v) is 5.51. The van der Waals surface area contributed by atoms with Crippen LogP contribution < -0.4 is 14.4 Å². The molecule has 6 nitrogen and oxygen atoms in total. The molecule has 190 valence electrons. The van der Waals surface area contributed by atoms with Crippen LogP contribution in [-0.4, -0.2) is 20.9 Å². The summed E-state index contributed by atoms with van der Waals surface area (Å²) in [6, 6.07) is 27.6. The summed E-state index contributed by atoms with van der Waals surface area (Å²) in [5.74, 6) is 0.126. The van der Waals surface area contributed by atoms with Gasteiger partial charge < -0.3 is 10.1 Å². The molecule has 4 aromatic rings. The first-order valence-electron chi connectivity index (χ1n) is 11.3. The Morgan fingerprint density at radius 2 is 1.62 bits per heavy atom. The van der Waals surface area contributed by atoms with Crippen LogP contribution in [0.25, 0.3) is 0 Å². The summed E-state index contributed by atoms with van der Waals surface area (Å²) in [4.78, 5) is 12.5. The van der Waals surface area contributed by atoms with E-state index in [2.05, 4.69) is 21.2 Å². The lowest BCUT2D eigenvalue weighted by Crippen LogP contribution is -2.30. The standard InChI is InChI=1S/C28H24BrClN2O4S/c1-20-5-15-27(16-6-20)37(34,35)32(18-21-7-9-23(30)10-8-21)25-11-13-26(14-12-25)36-19-28(33)31-24-4-2-3-22(29)17-24/h2-17H,18-19H2,1H3,(H,31,33). The molecular weight excluding hydrogens is 576 g/mol. The van der Waals surface area contributed by atoms with E-state index in [1.165, 1.54) is 4.31 Å². The minimum atomic E-state index is -3.86. The molecule has 0 saturated carbocycles. The molecule has 0 spiro atoms. The van der Waals surface area contributed by atoms with Crippen LogP contribution in [0.15, 0.2) is 106 Å². The monoisotopic (exact) mass is 598 g/mol. The van der Waals surface area contributed by atoms with Crippen LogP contribution in [0.5, 0.6) is 5.75 Å². The van der Waals surface area contributed by atoms with Gasteiger partial charge in [-0.15, -0.1) is 0 Å². The van der Waals surface area contributed by atoms with Gasteiger partial charge in [0.25, 0.3) is 15.9 Å². The van der Waals surface area contributed by atoms with Crippen molar-refractivity contribution in [2.45, 2.75) is 18.4 Å². The van der Waals surface area contributed by atoms with Gasteiger partial charge in [-0.2, -0.15) is 0 Å². The quantitative estimate of drug-likeness (QED) is 0.229. The molecule has 0 atom stereocenters. The van der Waals surface area contributed by atoms with E-state index in [1.807, 2.05) is 19.1 Å². The van der Waals surface area contributed by atoms with Crippen molar-refractivity contribution in [2.75, 3.05) is 16.2 Å². The number of nitrogens with one attached hydrogen (secondary N) is 1. The fourth-order valence-electron chi connectivity index (χ4n) is 3.53. The van der Waals surface area contributed by atoms with Crippen LogP contribution in [0.3, 0.4) is 0 Å². The predicted octanol–water partition coefficient (Wildman–Crippen LogP) is 6.82. The van der Waals surface area contributed by atoms with Crippen LogP contribution in [-0.2, 0) is 21.4 Å². The second kappa shape index (κ2) is 11.8. The Labute approximate surface area is 230 Å². The van der Waals surface area contributed by atoms with Crippen molar-refractivity contribution >= 4 is 54.8 Å². The number of rotatable bonds is 9. The van der Waals surface area contributed by atoms with E-state index in [0.717, 1.165) is 15.6 Å². The van der Waals surface area contributed by atoms with Gasteiger partial charge in [0.1, 0.15) is 5.75 Å². The normalized spacial score (nSPS) is 11.1. The molecular formula is C28H24BrClN2O4S. The van der Waals surface area contributed by atoms with Gasteiger partial charge in [-0.3, -0.25) is 9.10 Å². The van der Waals surface area contributed by atoms with Gasteiger partial charge in [0, 0.05) is 15.2 Å². The number of anilines is 2.